The van der Waals surface area contributed by atoms with Gasteiger partial charge < -0.3 is 10.1 Å². The van der Waals surface area contributed by atoms with E-state index < -0.39 is 0 Å². The molecule has 0 unspecified atom stereocenters. The van der Waals surface area contributed by atoms with Gasteiger partial charge in [-0.3, -0.25) is 5.10 Å². The largest absolute Gasteiger partial charge is 0.418 e. The average molecular weight is 268 g/mol. The van der Waals surface area contributed by atoms with Crippen LogP contribution in [-0.4, -0.2) is 22.2 Å². The zero-order valence-electron chi connectivity index (χ0n) is 11.5. The number of aryl methyl sites for hydroxylation is 1. The summed E-state index contributed by atoms with van der Waals surface area (Å²) in [6.07, 6.45) is 1.84. The molecule has 0 saturated heterocycles. The molecule has 0 fully saturated rings. The Bertz CT molecular complexity index is 736. The van der Waals surface area contributed by atoms with Crippen LogP contribution in [0.15, 0.2) is 36.5 Å². The number of nitrogens with one attached hydrogen (secondary N) is 2. The van der Waals surface area contributed by atoms with Crippen molar-refractivity contribution in [3.63, 3.8) is 0 Å². The van der Waals surface area contributed by atoms with Crippen LogP contribution in [0.2, 0.25) is 0 Å². The monoisotopic (exact) mass is 268 g/mol. The van der Waals surface area contributed by atoms with Gasteiger partial charge in [0.15, 0.2) is 0 Å². The Hall–Kier alpha value is -2.40. The van der Waals surface area contributed by atoms with Gasteiger partial charge in [-0.25, -0.2) is 4.98 Å². The molecule has 102 valence electrons. The highest BCUT2D eigenvalue weighted by molar-refractivity contribution is 5.89. The van der Waals surface area contributed by atoms with Crippen LogP contribution in [-0.2, 0) is 6.54 Å². The number of H-pyrrole nitrogens is 1. The van der Waals surface area contributed by atoms with Gasteiger partial charge >= 0.3 is 0 Å². The molecule has 20 heavy (non-hydrogen) atoms. The summed E-state index contributed by atoms with van der Waals surface area (Å²) in [5.74, 6) is 1.11. The first-order valence-electron chi connectivity index (χ1n) is 6.49. The lowest BCUT2D eigenvalue weighted by molar-refractivity contribution is 0.449. The Kier molecular flexibility index (Phi) is 3.35. The van der Waals surface area contributed by atoms with Crippen LogP contribution in [0.4, 0.5) is 0 Å². The number of fused-ring (bicyclic) bond motifs is 1. The quantitative estimate of drug-likeness (QED) is 0.763. The second-order valence-corrected chi connectivity index (χ2v) is 4.66. The third-order valence-electron chi connectivity index (χ3n) is 3.09. The summed E-state index contributed by atoms with van der Waals surface area (Å²) in [7, 11) is 1.92. The van der Waals surface area contributed by atoms with E-state index in [4.69, 9.17) is 4.74 Å². The maximum Gasteiger partial charge on any atom is 0.240 e. The van der Waals surface area contributed by atoms with Gasteiger partial charge in [0.2, 0.25) is 11.8 Å². The number of benzene rings is 1. The molecule has 0 spiro atoms. The molecule has 2 aromatic heterocycles. The van der Waals surface area contributed by atoms with Crippen molar-refractivity contribution in [1.29, 1.82) is 0 Å². The molecular formula is C15H16N4O. The van der Waals surface area contributed by atoms with Crippen LogP contribution >= 0.6 is 0 Å². The Morgan fingerprint density at radius 1 is 1.25 bits per heavy atom. The van der Waals surface area contributed by atoms with E-state index in [1.807, 2.05) is 44.4 Å². The van der Waals surface area contributed by atoms with Gasteiger partial charge in [-0.1, -0.05) is 18.2 Å². The highest BCUT2D eigenvalue weighted by Gasteiger charge is 2.10. The predicted octanol–water partition coefficient (Wildman–Crippen LogP) is 2.78. The Balaban J connectivity index is 2.05. The molecule has 0 radical (unpaired) electrons. The number of aromatic amines is 1. The minimum atomic E-state index is 0.529. The molecule has 2 N–H and O–H groups in total. The zero-order valence-corrected chi connectivity index (χ0v) is 11.5. The molecule has 0 atom stereocenters. The van der Waals surface area contributed by atoms with Gasteiger partial charge in [0.05, 0.1) is 0 Å². The molecule has 0 bridgehead atoms. The molecule has 5 heteroatoms. The Labute approximate surface area is 117 Å². The number of aromatic nitrogens is 3. The molecule has 2 heterocycles. The second-order valence-electron chi connectivity index (χ2n) is 4.66. The number of hydrogen-bond acceptors (Lipinski definition) is 4. The maximum absolute atomic E-state index is 5.77. The van der Waals surface area contributed by atoms with Crippen molar-refractivity contribution in [3.8, 4) is 11.8 Å². The summed E-state index contributed by atoms with van der Waals surface area (Å²) in [4.78, 5) is 4.41. The van der Waals surface area contributed by atoms with Crippen molar-refractivity contribution in [1.82, 2.24) is 20.5 Å². The smallest absolute Gasteiger partial charge is 0.240 e. The van der Waals surface area contributed by atoms with Crippen molar-refractivity contribution in [2.75, 3.05) is 7.05 Å². The minimum absolute atomic E-state index is 0.529. The summed E-state index contributed by atoms with van der Waals surface area (Å²) in [6, 6.07) is 9.93. The summed E-state index contributed by atoms with van der Waals surface area (Å²) in [5.41, 5.74) is 2.10. The van der Waals surface area contributed by atoms with E-state index in [2.05, 4.69) is 26.6 Å². The zero-order chi connectivity index (χ0) is 13.9. The van der Waals surface area contributed by atoms with Crippen molar-refractivity contribution < 1.29 is 4.74 Å². The normalized spacial score (nSPS) is 10.9. The van der Waals surface area contributed by atoms with Crippen molar-refractivity contribution in [2.45, 2.75) is 13.5 Å². The first-order valence-corrected chi connectivity index (χ1v) is 6.49. The van der Waals surface area contributed by atoms with Crippen molar-refractivity contribution in [2.24, 2.45) is 0 Å². The van der Waals surface area contributed by atoms with Gasteiger partial charge in [-0.15, -0.1) is 5.10 Å². The molecule has 0 aliphatic rings. The lowest BCUT2D eigenvalue weighted by Crippen LogP contribution is -2.06. The number of hydrogen-bond donors (Lipinski definition) is 2. The van der Waals surface area contributed by atoms with Crippen LogP contribution in [0, 0.1) is 6.92 Å². The third kappa shape index (κ3) is 2.35. The first-order chi connectivity index (χ1) is 9.78. The SMILES string of the molecule is CNCc1cnc(Oc2cc(C)[nH]n2)c2ccccc12. The second kappa shape index (κ2) is 5.30. The molecule has 0 saturated carbocycles. The van der Waals surface area contributed by atoms with Gasteiger partial charge in [0.25, 0.3) is 0 Å². The van der Waals surface area contributed by atoms with Crippen molar-refractivity contribution in [3.05, 3.63) is 47.8 Å². The molecule has 1 aromatic carbocycles. The van der Waals surface area contributed by atoms with E-state index in [1.165, 1.54) is 0 Å². The fourth-order valence-corrected chi connectivity index (χ4v) is 2.18. The standard InChI is InChI=1S/C15H16N4O/c1-10-7-14(19-18-10)20-15-13-6-4-3-5-12(13)11(8-16-2)9-17-15/h3-7,9,16H,8H2,1-2H3,(H,18,19). The van der Waals surface area contributed by atoms with E-state index >= 15 is 0 Å². The highest BCUT2D eigenvalue weighted by Crippen LogP contribution is 2.29. The molecule has 0 aliphatic heterocycles. The van der Waals surface area contributed by atoms with Crippen LogP contribution in [0.3, 0.4) is 0 Å². The minimum Gasteiger partial charge on any atom is -0.418 e. The summed E-state index contributed by atoms with van der Waals surface area (Å²) >= 11 is 0. The fourth-order valence-electron chi connectivity index (χ4n) is 2.18. The number of rotatable bonds is 4. The third-order valence-corrected chi connectivity index (χ3v) is 3.09. The molecule has 0 aliphatic carbocycles. The maximum atomic E-state index is 5.77. The molecule has 5 nitrogen and oxygen atoms in total. The number of ether oxygens (including phenoxy) is 1. The first kappa shape index (κ1) is 12.6. The summed E-state index contributed by atoms with van der Waals surface area (Å²) < 4.78 is 5.77. The van der Waals surface area contributed by atoms with E-state index in [0.29, 0.717) is 11.8 Å². The van der Waals surface area contributed by atoms with Crippen LogP contribution < -0.4 is 10.1 Å². The van der Waals surface area contributed by atoms with Gasteiger partial charge in [-0.2, -0.15) is 0 Å². The van der Waals surface area contributed by atoms with E-state index in [9.17, 15) is 0 Å². The highest BCUT2D eigenvalue weighted by atomic mass is 16.5. The summed E-state index contributed by atoms with van der Waals surface area (Å²) in [6.45, 7) is 2.71. The lowest BCUT2D eigenvalue weighted by Gasteiger charge is -2.09. The average Bonchev–Trinajstić information content (AvgIpc) is 2.87. The Morgan fingerprint density at radius 2 is 2.05 bits per heavy atom. The molecule has 3 rings (SSSR count). The molecule has 3 aromatic rings. The van der Waals surface area contributed by atoms with Gasteiger partial charge in [0, 0.05) is 29.9 Å². The molecular weight excluding hydrogens is 252 g/mol. The van der Waals surface area contributed by atoms with E-state index in [1.54, 1.807) is 0 Å². The van der Waals surface area contributed by atoms with Crippen molar-refractivity contribution >= 4 is 10.8 Å². The van der Waals surface area contributed by atoms with Crippen LogP contribution in [0.5, 0.6) is 11.8 Å². The van der Waals surface area contributed by atoms with Crippen LogP contribution in [0.25, 0.3) is 10.8 Å². The number of nitrogens with zero attached hydrogens (tertiary/aromatic N) is 2. The van der Waals surface area contributed by atoms with E-state index in [-0.39, 0.29) is 0 Å². The topological polar surface area (TPSA) is 62.8 Å². The summed E-state index contributed by atoms with van der Waals surface area (Å²) in [5, 5.41) is 12.2. The lowest BCUT2D eigenvalue weighted by atomic mass is 10.1. The van der Waals surface area contributed by atoms with Gasteiger partial charge in [-0.05, 0) is 31.0 Å². The fraction of sp³-hybridized carbons (Fsp3) is 0.200. The van der Waals surface area contributed by atoms with Gasteiger partial charge in [0.1, 0.15) is 0 Å². The molecule has 0 amide bonds. The van der Waals surface area contributed by atoms with E-state index in [0.717, 1.165) is 28.6 Å². The Morgan fingerprint density at radius 3 is 2.75 bits per heavy atom. The number of pyridine rings is 1. The predicted molar refractivity (Wildman–Crippen MR) is 77.9 cm³/mol. The van der Waals surface area contributed by atoms with Crippen LogP contribution in [0.1, 0.15) is 11.3 Å².